The van der Waals surface area contributed by atoms with Gasteiger partial charge in [-0.05, 0) is 32.4 Å². The zero-order valence-electron chi connectivity index (χ0n) is 15.4. The third-order valence-electron chi connectivity index (χ3n) is 3.48. The molecule has 1 aromatic carbocycles. The van der Waals surface area contributed by atoms with E-state index in [1.807, 2.05) is 13.8 Å². The van der Waals surface area contributed by atoms with Crippen molar-refractivity contribution in [3.63, 3.8) is 0 Å². The number of halogens is 2. The molecule has 0 aromatic heterocycles. The van der Waals surface area contributed by atoms with Crippen molar-refractivity contribution < 1.29 is 18.7 Å². The van der Waals surface area contributed by atoms with Gasteiger partial charge in [0, 0.05) is 10.3 Å². The normalized spacial score (nSPS) is 13.9. The van der Waals surface area contributed by atoms with Gasteiger partial charge < -0.3 is 10.1 Å². The number of carbonyl (C=O) groups excluding carboxylic acids is 2. The van der Waals surface area contributed by atoms with Gasteiger partial charge in [0.15, 0.2) is 0 Å². The van der Waals surface area contributed by atoms with Gasteiger partial charge in [-0.3, -0.25) is 9.59 Å². The average Bonchev–Trinajstić information content (AvgIpc) is 2.50. The van der Waals surface area contributed by atoms with Crippen molar-refractivity contribution >= 4 is 40.9 Å². The Bertz CT molecular complexity index is 646. The van der Waals surface area contributed by atoms with E-state index in [1.165, 1.54) is 6.07 Å². The SMILES string of the molecule is CCC(C)OC(=O)C(C)Sc1cc(NC(=O)C(C)(C)C)c(F)cc1Cl. The first-order valence-electron chi connectivity index (χ1n) is 8.13. The molecule has 1 aromatic rings. The first-order chi connectivity index (χ1) is 11.5. The number of ether oxygens (including phenoxy) is 1. The van der Waals surface area contributed by atoms with Gasteiger partial charge in [-0.1, -0.05) is 39.3 Å². The van der Waals surface area contributed by atoms with Gasteiger partial charge in [0.1, 0.15) is 11.1 Å². The Kier molecular flexibility index (Phi) is 7.75. The topological polar surface area (TPSA) is 55.4 Å². The molecular weight excluding hydrogens is 365 g/mol. The molecule has 0 aliphatic heterocycles. The van der Waals surface area contributed by atoms with Crippen LogP contribution >= 0.6 is 23.4 Å². The van der Waals surface area contributed by atoms with E-state index in [9.17, 15) is 14.0 Å². The summed E-state index contributed by atoms with van der Waals surface area (Å²) in [5, 5.41) is 2.23. The number of carbonyl (C=O) groups is 2. The molecule has 1 rings (SSSR count). The fraction of sp³-hybridized carbons (Fsp3) is 0.556. The maximum Gasteiger partial charge on any atom is 0.319 e. The number of hydrogen-bond donors (Lipinski definition) is 1. The summed E-state index contributed by atoms with van der Waals surface area (Å²) in [7, 11) is 0. The highest BCUT2D eigenvalue weighted by Crippen LogP contribution is 2.35. The lowest BCUT2D eigenvalue weighted by atomic mass is 9.95. The van der Waals surface area contributed by atoms with Crippen LogP contribution < -0.4 is 5.32 Å². The second-order valence-electron chi connectivity index (χ2n) is 6.88. The highest BCUT2D eigenvalue weighted by atomic mass is 35.5. The molecular formula is C18H25ClFNO3S. The summed E-state index contributed by atoms with van der Waals surface area (Å²) in [5.41, 5.74) is -0.624. The Morgan fingerprint density at radius 3 is 2.44 bits per heavy atom. The van der Waals surface area contributed by atoms with E-state index >= 15 is 0 Å². The van der Waals surface area contributed by atoms with Crippen LogP contribution in [0, 0.1) is 11.2 Å². The molecule has 0 aliphatic carbocycles. The van der Waals surface area contributed by atoms with Crippen LogP contribution in [-0.4, -0.2) is 23.2 Å². The van der Waals surface area contributed by atoms with Crippen LogP contribution in [0.25, 0.3) is 0 Å². The smallest absolute Gasteiger partial charge is 0.319 e. The fourth-order valence-electron chi connectivity index (χ4n) is 1.64. The van der Waals surface area contributed by atoms with Crippen LogP contribution in [0.3, 0.4) is 0 Å². The van der Waals surface area contributed by atoms with Gasteiger partial charge in [-0.25, -0.2) is 4.39 Å². The Morgan fingerprint density at radius 1 is 1.32 bits per heavy atom. The largest absolute Gasteiger partial charge is 0.462 e. The molecule has 0 aliphatic rings. The van der Waals surface area contributed by atoms with Gasteiger partial charge in [0.25, 0.3) is 0 Å². The van der Waals surface area contributed by atoms with Crippen LogP contribution in [0.5, 0.6) is 0 Å². The standard InChI is InChI=1S/C18H25ClFNO3S/c1-7-10(2)24-16(22)11(3)25-15-9-14(13(20)8-12(15)19)21-17(23)18(4,5)6/h8-11H,7H2,1-6H3,(H,21,23). The second-order valence-corrected chi connectivity index (χ2v) is 8.67. The Balaban J connectivity index is 2.95. The van der Waals surface area contributed by atoms with Crippen molar-refractivity contribution in [3.8, 4) is 0 Å². The summed E-state index contributed by atoms with van der Waals surface area (Å²) >= 11 is 7.25. The van der Waals surface area contributed by atoms with E-state index in [2.05, 4.69) is 5.32 Å². The van der Waals surface area contributed by atoms with Crippen molar-refractivity contribution in [1.29, 1.82) is 0 Å². The van der Waals surface area contributed by atoms with Crippen LogP contribution in [-0.2, 0) is 14.3 Å². The summed E-state index contributed by atoms with van der Waals surface area (Å²) < 4.78 is 19.4. The molecule has 0 spiro atoms. The van der Waals surface area contributed by atoms with Crippen molar-refractivity contribution in [2.45, 2.75) is 64.2 Å². The third kappa shape index (κ3) is 6.51. The molecule has 0 saturated heterocycles. The number of hydrogen-bond acceptors (Lipinski definition) is 4. The lowest BCUT2D eigenvalue weighted by Crippen LogP contribution is -2.28. The highest BCUT2D eigenvalue weighted by molar-refractivity contribution is 8.00. The van der Waals surface area contributed by atoms with Crippen LogP contribution in [0.4, 0.5) is 10.1 Å². The lowest BCUT2D eigenvalue weighted by molar-refractivity contribution is -0.147. The lowest BCUT2D eigenvalue weighted by Gasteiger charge is -2.19. The van der Waals surface area contributed by atoms with Crippen molar-refractivity contribution in [1.82, 2.24) is 0 Å². The summed E-state index contributed by atoms with van der Waals surface area (Å²) in [5.74, 6) is -1.30. The molecule has 140 valence electrons. The molecule has 0 fully saturated rings. The van der Waals surface area contributed by atoms with E-state index in [0.29, 0.717) is 4.90 Å². The van der Waals surface area contributed by atoms with E-state index in [-0.39, 0.29) is 28.7 Å². The van der Waals surface area contributed by atoms with Gasteiger partial charge in [0.05, 0.1) is 16.8 Å². The first kappa shape index (κ1) is 21.8. The molecule has 0 saturated carbocycles. The van der Waals surface area contributed by atoms with E-state index in [4.69, 9.17) is 16.3 Å². The number of anilines is 1. The maximum absolute atomic E-state index is 14.1. The zero-order valence-corrected chi connectivity index (χ0v) is 17.0. The Labute approximate surface area is 157 Å². The predicted molar refractivity (Wildman–Crippen MR) is 101 cm³/mol. The van der Waals surface area contributed by atoms with E-state index in [0.717, 1.165) is 24.2 Å². The molecule has 0 bridgehead atoms. The van der Waals surface area contributed by atoms with Crippen LogP contribution in [0.2, 0.25) is 5.02 Å². The molecule has 25 heavy (non-hydrogen) atoms. The summed E-state index contributed by atoms with van der Waals surface area (Å²) in [6.07, 6.45) is 0.560. The van der Waals surface area contributed by atoms with Crippen LogP contribution in [0.15, 0.2) is 17.0 Å². The summed E-state index contributed by atoms with van der Waals surface area (Å²) in [4.78, 5) is 24.6. The zero-order chi connectivity index (χ0) is 19.4. The van der Waals surface area contributed by atoms with Crippen molar-refractivity contribution in [2.24, 2.45) is 5.41 Å². The van der Waals surface area contributed by atoms with Gasteiger partial charge in [-0.15, -0.1) is 11.8 Å². The quantitative estimate of drug-likeness (QED) is 0.530. The minimum atomic E-state index is -0.660. The predicted octanol–water partition coefficient (Wildman–Crippen LogP) is 5.29. The highest BCUT2D eigenvalue weighted by Gasteiger charge is 2.24. The molecule has 2 atom stereocenters. The number of nitrogens with one attached hydrogen (secondary N) is 1. The Morgan fingerprint density at radius 2 is 1.92 bits per heavy atom. The fourth-order valence-corrected chi connectivity index (χ4v) is 2.82. The van der Waals surface area contributed by atoms with E-state index in [1.54, 1.807) is 27.7 Å². The number of amides is 1. The number of esters is 1. The van der Waals surface area contributed by atoms with Gasteiger partial charge >= 0.3 is 5.97 Å². The first-order valence-corrected chi connectivity index (χ1v) is 9.39. The summed E-state index contributed by atoms with van der Waals surface area (Å²) in [6.45, 7) is 10.6. The number of benzene rings is 1. The van der Waals surface area contributed by atoms with Crippen LogP contribution in [0.1, 0.15) is 48.0 Å². The van der Waals surface area contributed by atoms with Gasteiger partial charge in [0.2, 0.25) is 5.91 Å². The average molecular weight is 390 g/mol. The second kappa shape index (κ2) is 8.90. The molecule has 2 unspecified atom stereocenters. The van der Waals surface area contributed by atoms with Crippen molar-refractivity contribution in [3.05, 3.63) is 23.0 Å². The maximum atomic E-state index is 14.1. The summed E-state index contributed by atoms with van der Waals surface area (Å²) in [6, 6.07) is 2.58. The third-order valence-corrected chi connectivity index (χ3v) is 5.04. The molecule has 1 N–H and O–H groups in total. The molecule has 1 amide bonds. The van der Waals surface area contributed by atoms with Crippen molar-refractivity contribution in [2.75, 3.05) is 5.32 Å². The Hall–Kier alpha value is -1.27. The number of thioether (sulfide) groups is 1. The minimum Gasteiger partial charge on any atom is -0.462 e. The van der Waals surface area contributed by atoms with E-state index < -0.39 is 16.5 Å². The van der Waals surface area contributed by atoms with Gasteiger partial charge in [-0.2, -0.15) is 0 Å². The molecule has 0 radical (unpaired) electrons. The molecule has 0 heterocycles. The molecule has 7 heteroatoms. The minimum absolute atomic E-state index is 0.0364. The number of rotatable bonds is 6. The monoisotopic (exact) mass is 389 g/mol. The molecule has 4 nitrogen and oxygen atoms in total.